The molecule has 0 aromatic heterocycles. The molecule has 2 atom stereocenters. The van der Waals surface area contributed by atoms with E-state index in [1.54, 1.807) is 18.2 Å². The van der Waals surface area contributed by atoms with Gasteiger partial charge in [0.05, 0.1) is 11.6 Å². The molecule has 0 spiro atoms. The molecule has 26 heavy (non-hydrogen) atoms. The van der Waals surface area contributed by atoms with E-state index in [0.717, 1.165) is 19.5 Å². The lowest BCUT2D eigenvalue weighted by atomic mass is 10.0. The molecule has 0 aliphatic carbocycles. The summed E-state index contributed by atoms with van der Waals surface area (Å²) in [6, 6.07) is 6.82. The van der Waals surface area contributed by atoms with Gasteiger partial charge in [-0.1, -0.05) is 18.6 Å². The fourth-order valence-electron chi connectivity index (χ4n) is 3.91. The number of nitrogens with one attached hydrogen (secondary N) is 1. The van der Waals surface area contributed by atoms with Crippen molar-refractivity contribution in [2.24, 2.45) is 5.92 Å². The van der Waals surface area contributed by atoms with Crippen LogP contribution in [0.2, 0.25) is 0 Å². The molecule has 2 heterocycles. The van der Waals surface area contributed by atoms with Crippen LogP contribution in [0.25, 0.3) is 0 Å². The molecule has 2 fully saturated rings. The van der Waals surface area contributed by atoms with Crippen LogP contribution in [0.1, 0.15) is 39.0 Å². The Morgan fingerprint density at radius 3 is 2.88 bits per heavy atom. The van der Waals surface area contributed by atoms with Gasteiger partial charge >= 0.3 is 0 Å². The molecule has 2 unspecified atom stereocenters. The Morgan fingerprint density at radius 2 is 2.12 bits per heavy atom. The van der Waals surface area contributed by atoms with E-state index in [4.69, 9.17) is 0 Å². The molecule has 2 aliphatic heterocycles. The first-order chi connectivity index (χ1) is 12.6. The normalized spacial score (nSPS) is 24.1. The Hall–Kier alpha value is -1.95. The van der Waals surface area contributed by atoms with E-state index in [2.05, 4.69) is 17.1 Å². The van der Waals surface area contributed by atoms with Crippen molar-refractivity contribution in [3.05, 3.63) is 30.1 Å². The number of piperidine rings is 1. The predicted molar refractivity (Wildman–Crippen MR) is 99.4 cm³/mol. The summed E-state index contributed by atoms with van der Waals surface area (Å²) in [5.41, 5.74) is 0.256. The minimum atomic E-state index is -0.433. The molecule has 2 saturated heterocycles. The van der Waals surface area contributed by atoms with Crippen LogP contribution in [-0.2, 0) is 9.59 Å². The standard InChI is InChI=1S/C20H28FN3O2/c1-15-7-4-5-11-23(15)12-6-10-22-20(26)16-13-19(25)24(14-16)18-9-3-2-8-17(18)21/h2-3,8-9,15-16H,4-7,10-14H2,1H3,(H,22,26). The first kappa shape index (κ1) is 18.8. The predicted octanol–water partition coefficient (Wildman–Crippen LogP) is 2.56. The van der Waals surface area contributed by atoms with Crippen LogP contribution in [0, 0.1) is 11.7 Å². The van der Waals surface area contributed by atoms with Crippen molar-refractivity contribution in [2.45, 2.75) is 45.1 Å². The molecule has 142 valence electrons. The second-order valence-electron chi connectivity index (χ2n) is 7.38. The van der Waals surface area contributed by atoms with Crippen LogP contribution in [0.3, 0.4) is 0 Å². The molecular weight excluding hydrogens is 333 g/mol. The van der Waals surface area contributed by atoms with Gasteiger partial charge in [0.25, 0.3) is 0 Å². The molecule has 3 rings (SSSR count). The topological polar surface area (TPSA) is 52.7 Å². The van der Waals surface area contributed by atoms with Gasteiger partial charge < -0.3 is 15.1 Å². The molecular formula is C20H28FN3O2. The Morgan fingerprint density at radius 1 is 1.31 bits per heavy atom. The molecule has 1 aromatic rings. The number of anilines is 1. The number of amides is 2. The summed E-state index contributed by atoms with van der Waals surface area (Å²) in [6.45, 7) is 5.26. The minimum absolute atomic E-state index is 0.108. The summed E-state index contributed by atoms with van der Waals surface area (Å²) in [6.07, 6.45) is 4.87. The zero-order valence-corrected chi connectivity index (χ0v) is 15.4. The van der Waals surface area contributed by atoms with E-state index in [-0.39, 0.29) is 30.5 Å². The zero-order chi connectivity index (χ0) is 18.5. The highest BCUT2D eigenvalue weighted by Crippen LogP contribution is 2.27. The van der Waals surface area contributed by atoms with E-state index >= 15 is 0 Å². The van der Waals surface area contributed by atoms with Gasteiger partial charge in [0.1, 0.15) is 5.82 Å². The number of nitrogens with zero attached hydrogens (tertiary/aromatic N) is 2. The SMILES string of the molecule is CC1CCCCN1CCCNC(=O)C1CC(=O)N(c2ccccc2F)C1. The van der Waals surface area contributed by atoms with Gasteiger partial charge in [-0.15, -0.1) is 0 Å². The van der Waals surface area contributed by atoms with Crippen molar-refractivity contribution in [1.29, 1.82) is 0 Å². The zero-order valence-electron chi connectivity index (χ0n) is 15.4. The molecule has 6 heteroatoms. The summed E-state index contributed by atoms with van der Waals surface area (Å²) < 4.78 is 13.9. The van der Waals surface area contributed by atoms with Gasteiger partial charge in [-0.25, -0.2) is 4.39 Å². The second-order valence-corrected chi connectivity index (χ2v) is 7.38. The third kappa shape index (κ3) is 4.41. The largest absolute Gasteiger partial charge is 0.356 e. The number of hydrogen-bond donors (Lipinski definition) is 1. The Bertz CT molecular complexity index is 652. The van der Waals surface area contributed by atoms with Crippen LogP contribution in [0.15, 0.2) is 24.3 Å². The monoisotopic (exact) mass is 361 g/mol. The third-order valence-electron chi connectivity index (χ3n) is 5.50. The first-order valence-electron chi connectivity index (χ1n) is 9.63. The maximum Gasteiger partial charge on any atom is 0.227 e. The quantitative estimate of drug-likeness (QED) is 0.793. The highest BCUT2D eigenvalue weighted by Gasteiger charge is 2.35. The lowest BCUT2D eigenvalue weighted by Crippen LogP contribution is -2.40. The van der Waals surface area contributed by atoms with E-state index in [1.807, 2.05) is 0 Å². The Balaban J connectivity index is 1.44. The number of likely N-dealkylation sites (tertiary alicyclic amines) is 1. The Labute approximate surface area is 154 Å². The number of benzene rings is 1. The van der Waals surface area contributed by atoms with E-state index in [9.17, 15) is 14.0 Å². The van der Waals surface area contributed by atoms with Crippen LogP contribution < -0.4 is 10.2 Å². The van der Waals surface area contributed by atoms with Crippen molar-refractivity contribution in [2.75, 3.05) is 31.1 Å². The van der Waals surface area contributed by atoms with Crippen LogP contribution in [0.5, 0.6) is 0 Å². The summed E-state index contributed by atoms with van der Waals surface area (Å²) in [7, 11) is 0. The van der Waals surface area contributed by atoms with Gasteiger partial charge in [-0.3, -0.25) is 9.59 Å². The molecule has 0 bridgehead atoms. The molecule has 0 radical (unpaired) electrons. The van der Waals surface area contributed by atoms with Crippen molar-refractivity contribution < 1.29 is 14.0 Å². The lowest BCUT2D eigenvalue weighted by Gasteiger charge is -2.33. The number of carbonyl (C=O) groups is 2. The van der Waals surface area contributed by atoms with E-state index < -0.39 is 11.7 Å². The minimum Gasteiger partial charge on any atom is -0.356 e. The third-order valence-corrected chi connectivity index (χ3v) is 5.50. The van der Waals surface area contributed by atoms with Crippen LogP contribution >= 0.6 is 0 Å². The molecule has 2 aliphatic rings. The number of hydrogen-bond acceptors (Lipinski definition) is 3. The number of para-hydroxylation sites is 1. The average Bonchev–Trinajstić information content (AvgIpc) is 3.02. The number of rotatable bonds is 6. The van der Waals surface area contributed by atoms with Crippen LogP contribution in [0.4, 0.5) is 10.1 Å². The van der Waals surface area contributed by atoms with Crippen molar-refractivity contribution in [1.82, 2.24) is 10.2 Å². The van der Waals surface area contributed by atoms with Crippen molar-refractivity contribution in [3.8, 4) is 0 Å². The first-order valence-corrected chi connectivity index (χ1v) is 9.63. The van der Waals surface area contributed by atoms with Gasteiger partial charge in [0.15, 0.2) is 0 Å². The van der Waals surface area contributed by atoms with E-state index in [1.165, 1.54) is 30.2 Å². The second kappa shape index (κ2) is 8.62. The van der Waals surface area contributed by atoms with Gasteiger partial charge in [-0.2, -0.15) is 0 Å². The van der Waals surface area contributed by atoms with Crippen molar-refractivity contribution >= 4 is 17.5 Å². The van der Waals surface area contributed by atoms with Gasteiger partial charge in [-0.05, 0) is 44.9 Å². The van der Waals surface area contributed by atoms with Crippen molar-refractivity contribution in [3.63, 3.8) is 0 Å². The lowest BCUT2D eigenvalue weighted by molar-refractivity contribution is -0.126. The van der Waals surface area contributed by atoms with Gasteiger partial charge in [0.2, 0.25) is 11.8 Å². The fourth-order valence-corrected chi connectivity index (χ4v) is 3.91. The molecule has 2 amide bonds. The maximum atomic E-state index is 13.9. The summed E-state index contributed by atoms with van der Waals surface area (Å²) in [5.74, 6) is -1.14. The highest BCUT2D eigenvalue weighted by atomic mass is 19.1. The summed E-state index contributed by atoms with van der Waals surface area (Å²) in [5, 5.41) is 2.95. The maximum absolute atomic E-state index is 13.9. The highest BCUT2D eigenvalue weighted by molar-refractivity contribution is 6.00. The summed E-state index contributed by atoms with van der Waals surface area (Å²) >= 11 is 0. The number of carbonyl (C=O) groups excluding carboxylic acids is 2. The molecule has 1 N–H and O–H groups in total. The summed E-state index contributed by atoms with van der Waals surface area (Å²) in [4.78, 5) is 28.4. The fraction of sp³-hybridized carbons (Fsp3) is 0.600. The Kier molecular flexibility index (Phi) is 6.25. The van der Waals surface area contributed by atoms with Crippen LogP contribution in [-0.4, -0.2) is 48.9 Å². The van der Waals surface area contributed by atoms with E-state index in [0.29, 0.717) is 12.6 Å². The average molecular weight is 361 g/mol. The molecule has 1 aromatic carbocycles. The van der Waals surface area contributed by atoms with Gasteiger partial charge in [0, 0.05) is 32.1 Å². The molecule has 5 nitrogen and oxygen atoms in total. The number of halogens is 1. The molecule has 0 saturated carbocycles. The smallest absolute Gasteiger partial charge is 0.227 e.